The smallest absolute Gasteiger partial charge is 0.255 e. The fourth-order valence-electron chi connectivity index (χ4n) is 9.55. The van der Waals surface area contributed by atoms with E-state index in [-0.39, 0.29) is 24.1 Å². The Balaban J connectivity index is 0.879. The van der Waals surface area contributed by atoms with Crippen molar-refractivity contribution in [3.63, 3.8) is 0 Å². The van der Waals surface area contributed by atoms with Crippen molar-refractivity contribution in [3.05, 3.63) is 53.0 Å². The Kier molecular flexibility index (Phi) is 5.41. The third-order valence-corrected chi connectivity index (χ3v) is 11.9. The fraction of sp³-hybridized carbons (Fsp3) is 0.581. The second-order valence-electron chi connectivity index (χ2n) is 13.2. The Morgan fingerprint density at radius 2 is 1.97 bits per heavy atom. The second kappa shape index (κ2) is 8.71. The van der Waals surface area contributed by atoms with E-state index in [0.717, 1.165) is 46.3 Å². The van der Waals surface area contributed by atoms with Gasteiger partial charge in [-0.25, -0.2) is 0 Å². The van der Waals surface area contributed by atoms with Crippen molar-refractivity contribution in [3.8, 4) is 0 Å². The molecule has 0 radical (unpaired) electrons. The van der Waals surface area contributed by atoms with Gasteiger partial charge in [0.2, 0.25) is 11.8 Å². The number of hydrogen-bond donors (Lipinski definition) is 1. The molecular formula is C31H34N2O5S. The summed E-state index contributed by atoms with van der Waals surface area (Å²) in [5.74, 6) is 4.55. The van der Waals surface area contributed by atoms with Gasteiger partial charge in [-0.3, -0.25) is 19.7 Å². The molecule has 1 aromatic heterocycles. The number of fused-ring (bicyclic) bond motifs is 2. The molecule has 3 heterocycles. The van der Waals surface area contributed by atoms with Crippen LogP contribution >= 0.6 is 11.8 Å². The monoisotopic (exact) mass is 546 g/mol. The van der Waals surface area contributed by atoms with Crippen molar-refractivity contribution in [2.24, 2.45) is 28.6 Å². The van der Waals surface area contributed by atoms with E-state index in [1.54, 1.807) is 16.7 Å². The van der Waals surface area contributed by atoms with E-state index in [0.29, 0.717) is 41.7 Å². The fourth-order valence-corrected chi connectivity index (χ4v) is 10.5. The molecule has 5 saturated carbocycles. The van der Waals surface area contributed by atoms with Crippen molar-refractivity contribution in [1.29, 1.82) is 0 Å². The van der Waals surface area contributed by atoms with E-state index >= 15 is 0 Å². The van der Waals surface area contributed by atoms with E-state index in [1.807, 2.05) is 30.3 Å². The molecule has 39 heavy (non-hydrogen) atoms. The van der Waals surface area contributed by atoms with Gasteiger partial charge in [-0.2, -0.15) is 0 Å². The second-order valence-corrected chi connectivity index (χ2v) is 14.2. The normalized spacial score (nSPS) is 35.8. The molecule has 4 bridgehead atoms. The summed E-state index contributed by atoms with van der Waals surface area (Å²) in [7, 11) is 0. The predicted molar refractivity (Wildman–Crippen MR) is 143 cm³/mol. The van der Waals surface area contributed by atoms with Crippen molar-refractivity contribution >= 4 is 29.5 Å². The van der Waals surface area contributed by atoms with Gasteiger partial charge in [0.15, 0.2) is 0 Å². The van der Waals surface area contributed by atoms with Crippen molar-refractivity contribution in [2.75, 3.05) is 6.61 Å². The predicted octanol–water partition coefficient (Wildman–Crippen LogP) is 5.07. The standard InChI is InChI=1S/C31H34N2O5S/c34-27-7-6-25(28(35)32-27)33-13-23-22(29(33)36)2-1-3-26(23)39-15-21-5-4-20(38-21)14-37-17-30-9-18-8-19-11-31(10-18,16-30)24(19)12-30/h1-5,18-19,24-25H,6-17H2,(H,32,34,35). The molecule has 9 rings (SSSR count). The zero-order valence-electron chi connectivity index (χ0n) is 22.1. The summed E-state index contributed by atoms with van der Waals surface area (Å²) >= 11 is 1.64. The maximum Gasteiger partial charge on any atom is 0.255 e. The van der Waals surface area contributed by atoms with Gasteiger partial charge in [0.1, 0.15) is 24.2 Å². The average molecular weight is 547 g/mol. The summed E-state index contributed by atoms with van der Waals surface area (Å²) in [5, 5.41) is 2.37. The molecule has 8 heteroatoms. The first-order chi connectivity index (χ1) is 18.9. The van der Waals surface area contributed by atoms with Gasteiger partial charge >= 0.3 is 0 Å². The number of thioether (sulfide) groups is 1. The maximum absolute atomic E-state index is 13.1. The van der Waals surface area contributed by atoms with Crippen LogP contribution in [0, 0.1) is 28.6 Å². The van der Waals surface area contributed by atoms with E-state index in [4.69, 9.17) is 9.15 Å². The van der Waals surface area contributed by atoms with Gasteiger partial charge in [0, 0.05) is 23.4 Å². The highest BCUT2D eigenvalue weighted by Gasteiger charge is 2.69. The minimum atomic E-state index is -0.600. The molecule has 7 aliphatic rings. The number of imide groups is 1. The largest absolute Gasteiger partial charge is 0.463 e. The summed E-state index contributed by atoms with van der Waals surface area (Å²) in [6.07, 6.45) is 9.22. The van der Waals surface area contributed by atoms with Gasteiger partial charge in [0.05, 0.1) is 12.4 Å². The van der Waals surface area contributed by atoms with Crippen LogP contribution in [0.15, 0.2) is 39.6 Å². The van der Waals surface area contributed by atoms with Crippen molar-refractivity contribution in [1.82, 2.24) is 10.2 Å². The molecule has 6 fully saturated rings. The van der Waals surface area contributed by atoms with Crippen LogP contribution in [0.5, 0.6) is 0 Å². The van der Waals surface area contributed by atoms with Crippen LogP contribution < -0.4 is 5.32 Å². The highest BCUT2D eigenvalue weighted by atomic mass is 32.2. The van der Waals surface area contributed by atoms with E-state index in [9.17, 15) is 14.4 Å². The molecule has 6 unspecified atom stereocenters. The van der Waals surface area contributed by atoms with E-state index < -0.39 is 6.04 Å². The number of amides is 3. The lowest BCUT2D eigenvalue weighted by Gasteiger charge is -2.60. The summed E-state index contributed by atoms with van der Waals surface area (Å²) in [4.78, 5) is 39.6. The van der Waals surface area contributed by atoms with Crippen molar-refractivity contribution in [2.45, 2.75) is 81.2 Å². The molecule has 204 valence electrons. The van der Waals surface area contributed by atoms with Crippen LogP contribution in [-0.2, 0) is 33.2 Å². The Morgan fingerprint density at radius 3 is 2.87 bits per heavy atom. The van der Waals surface area contributed by atoms with Crippen LogP contribution in [-0.4, -0.2) is 35.3 Å². The molecule has 5 aliphatic carbocycles. The number of carbonyl (C=O) groups is 3. The first-order valence-electron chi connectivity index (χ1n) is 14.5. The summed E-state index contributed by atoms with van der Waals surface area (Å²) in [6, 6.07) is 9.18. The Labute approximate surface area is 232 Å². The number of furan rings is 1. The molecule has 7 nitrogen and oxygen atoms in total. The van der Waals surface area contributed by atoms with E-state index in [1.165, 1.54) is 38.5 Å². The number of carbonyl (C=O) groups excluding carboxylic acids is 3. The van der Waals surface area contributed by atoms with E-state index in [2.05, 4.69) is 5.32 Å². The third kappa shape index (κ3) is 3.85. The van der Waals surface area contributed by atoms with Crippen molar-refractivity contribution < 1.29 is 23.5 Å². The Hall–Kier alpha value is -2.58. The van der Waals surface area contributed by atoms with Gasteiger partial charge in [-0.05, 0) is 103 Å². The number of piperidine rings is 1. The molecule has 6 atom stereocenters. The molecule has 1 spiro atoms. The third-order valence-electron chi connectivity index (χ3n) is 10.7. The minimum absolute atomic E-state index is 0.143. The summed E-state index contributed by atoms with van der Waals surface area (Å²) in [5.41, 5.74) is 2.68. The van der Waals surface area contributed by atoms with Crippen LogP contribution in [0.4, 0.5) is 0 Å². The number of ether oxygens (including phenoxy) is 1. The first kappa shape index (κ1) is 24.2. The highest BCUT2D eigenvalue weighted by molar-refractivity contribution is 7.98. The topological polar surface area (TPSA) is 88.9 Å². The molecule has 3 amide bonds. The molecule has 2 aromatic rings. The number of nitrogens with zero attached hydrogens (tertiary/aromatic N) is 1. The van der Waals surface area contributed by atoms with Crippen LogP contribution in [0.25, 0.3) is 0 Å². The molecule has 2 aliphatic heterocycles. The SMILES string of the molecule is O=C1CCC(N2Cc3c(SCc4ccc(COCC56CC7CC8CC(C7)(C5)C8C6)o4)cccc3C2=O)C(=O)N1. The molecule has 1 aromatic carbocycles. The van der Waals surface area contributed by atoms with Crippen LogP contribution in [0.3, 0.4) is 0 Å². The number of benzene rings is 1. The summed E-state index contributed by atoms with van der Waals surface area (Å²) < 4.78 is 12.4. The van der Waals surface area contributed by atoms with Gasteiger partial charge in [-0.15, -0.1) is 11.8 Å². The maximum atomic E-state index is 13.1. The lowest BCUT2D eigenvalue weighted by atomic mass is 9.44. The number of hydrogen-bond acceptors (Lipinski definition) is 6. The first-order valence-corrected chi connectivity index (χ1v) is 15.4. The zero-order valence-corrected chi connectivity index (χ0v) is 22.9. The van der Waals surface area contributed by atoms with Gasteiger partial charge in [-0.1, -0.05) is 6.07 Å². The van der Waals surface area contributed by atoms with Crippen LogP contribution in [0.2, 0.25) is 0 Å². The number of rotatable bonds is 8. The average Bonchev–Trinajstić information content (AvgIpc) is 3.52. The Morgan fingerprint density at radius 1 is 1.08 bits per heavy atom. The lowest BCUT2D eigenvalue weighted by molar-refractivity contribution is -0.136. The minimum Gasteiger partial charge on any atom is -0.463 e. The van der Waals surface area contributed by atoms with Gasteiger partial charge in [0.25, 0.3) is 5.91 Å². The quantitative estimate of drug-likeness (QED) is 0.368. The zero-order chi connectivity index (χ0) is 26.4. The molecule has 1 N–H and O–H groups in total. The lowest BCUT2D eigenvalue weighted by Crippen LogP contribution is -2.52. The summed E-state index contributed by atoms with van der Waals surface area (Å²) in [6.45, 7) is 1.77. The number of nitrogens with one attached hydrogen (secondary N) is 1. The molecule has 1 saturated heterocycles. The Bertz CT molecular complexity index is 1380. The molecular weight excluding hydrogens is 512 g/mol. The van der Waals surface area contributed by atoms with Crippen LogP contribution in [0.1, 0.15) is 78.8 Å². The highest BCUT2D eigenvalue weighted by Crippen LogP contribution is 2.78. The van der Waals surface area contributed by atoms with Gasteiger partial charge < -0.3 is 14.1 Å².